The first-order chi connectivity index (χ1) is 8.22. The van der Waals surface area contributed by atoms with Crippen molar-refractivity contribution in [3.05, 3.63) is 29.8 Å². The second-order valence-corrected chi connectivity index (χ2v) is 6.33. The Morgan fingerprint density at radius 2 is 2.24 bits per heavy atom. The second-order valence-electron chi connectivity index (χ2n) is 4.82. The maximum absolute atomic E-state index is 12.1. The summed E-state index contributed by atoms with van der Waals surface area (Å²) in [5.74, 6) is 0.674. The second kappa shape index (κ2) is 4.21. The van der Waals surface area contributed by atoms with E-state index in [4.69, 9.17) is 11.6 Å². The van der Waals surface area contributed by atoms with E-state index < -0.39 is 0 Å². The zero-order chi connectivity index (χ0) is 11.9. The maximum atomic E-state index is 12.1. The van der Waals surface area contributed by atoms with Crippen LogP contribution in [0.15, 0.2) is 29.2 Å². The number of hydrogen-bond donors (Lipinski definition) is 1. The van der Waals surface area contributed by atoms with Gasteiger partial charge in [-0.05, 0) is 30.9 Å². The molecular weight excluding hydrogens is 254 g/mol. The summed E-state index contributed by atoms with van der Waals surface area (Å²) in [5.41, 5.74) is 1.20. The van der Waals surface area contributed by atoms with Gasteiger partial charge in [0.1, 0.15) is 0 Å². The highest BCUT2D eigenvalue weighted by atomic mass is 35.5. The van der Waals surface area contributed by atoms with Gasteiger partial charge in [0.15, 0.2) is 0 Å². The fraction of sp³-hybridized carbons (Fsp3) is 0.462. The van der Waals surface area contributed by atoms with Crippen molar-refractivity contribution in [3.8, 4) is 0 Å². The number of carbonyl (C=O) groups is 1. The third-order valence-corrected chi connectivity index (χ3v) is 5.27. The molecule has 0 bridgehead atoms. The van der Waals surface area contributed by atoms with E-state index in [0.717, 1.165) is 19.3 Å². The summed E-state index contributed by atoms with van der Waals surface area (Å²) >= 11 is 7.54. The smallest absolute Gasteiger partial charge is 0.234 e. The monoisotopic (exact) mass is 267 g/mol. The van der Waals surface area contributed by atoms with Crippen LogP contribution in [0.5, 0.6) is 0 Å². The zero-order valence-corrected chi connectivity index (χ0v) is 11.0. The molecule has 1 fully saturated rings. The fourth-order valence-electron chi connectivity index (χ4n) is 2.11. The Morgan fingerprint density at radius 3 is 2.88 bits per heavy atom. The van der Waals surface area contributed by atoms with Gasteiger partial charge in [-0.2, -0.15) is 0 Å². The van der Waals surface area contributed by atoms with Crippen molar-refractivity contribution in [3.63, 3.8) is 0 Å². The molecule has 0 radical (unpaired) electrons. The van der Waals surface area contributed by atoms with E-state index in [9.17, 15) is 4.79 Å². The van der Waals surface area contributed by atoms with Gasteiger partial charge in [0.2, 0.25) is 5.91 Å². The number of alkyl halides is 1. The summed E-state index contributed by atoms with van der Waals surface area (Å²) in [6.07, 6.45) is 2.88. The van der Waals surface area contributed by atoms with Crippen LogP contribution >= 0.6 is 23.4 Å². The van der Waals surface area contributed by atoms with E-state index in [-0.39, 0.29) is 16.7 Å². The Kier molecular flexibility index (Phi) is 2.83. The van der Waals surface area contributed by atoms with Crippen molar-refractivity contribution in [1.29, 1.82) is 0 Å². The number of thioether (sulfide) groups is 1. The van der Waals surface area contributed by atoms with E-state index >= 15 is 0 Å². The Hall–Kier alpha value is -0.670. The molecule has 1 aromatic carbocycles. The van der Waals surface area contributed by atoms with E-state index in [0.29, 0.717) is 5.88 Å². The van der Waals surface area contributed by atoms with E-state index in [2.05, 4.69) is 17.4 Å². The minimum absolute atomic E-state index is 0.0214. The lowest BCUT2D eigenvalue weighted by Crippen LogP contribution is -2.42. The Labute approximate surface area is 110 Å². The number of hydrogen-bond acceptors (Lipinski definition) is 2. The molecule has 1 heterocycles. The number of nitrogens with one attached hydrogen (secondary N) is 1. The van der Waals surface area contributed by atoms with Crippen LogP contribution in [0.3, 0.4) is 0 Å². The molecule has 1 aliphatic carbocycles. The molecule has 17 heavy (non-hydrogen) atoms. The SMILES string of the molecule is O=C(NC1(CCl)CC1)C1Cc2ccccc2S1. The van der Waals surface area contributed by atoms with Crippen molar-refractivity contribution in [1.82, 2.24) is 5.32 Å². The highest BCUT2D eigenvalue weighted by molar-refractivity contribution is 8.01. The summed E-state index contributed by atoms with van der Waals surface area (Å²) in [6.45, 7) is 0. The van der Waals surface area contributed by atoms with Gasteiger partial charge in [-0.1, -0.05) is 18.2 Å². The van der Waals surface area contributed by atoms with Gasteiger partial charge >= 0.3 is 0 Å². The third kappa shape index (κ3) is 2.18. The average Bonchev–Trinajstić information content (AvgIpc) is 2.98. The first-order valence-electron chi connectivity index (χ1n) is 5.85. The number of fused-ring (bicyclic) bond motifs is 1. The zero-order valence-electron chi connectivity index (χ0n) is 9.41. The molecule has 4 heteroatoms. The predicted octanol–water partition coefficient (Wildman–Crippen LogP) is 2.59. The molecule has 1 aliphatic heterocycles. The number of halogens is 1. The highest BCUT2D eigenvalue weighted by Crippen LogP contribution is 2.40. The van der Waals surface area contributed by atoms with Gasteiger partial charge in [-0.15, -0.1) is 23.4 Å². The van der Waals surface area contributed by atoms with E-state index in [1.54, 1.807) is 11.8 Å². The summed E-state index contributed by atoms with van der Waals surface area (Å²) in [4.78, 5) is 13.4. The lowest BCUT2D eigenvalue weighted by molar-refractivity contribution is -0.121. The standard InChI is InChI=1S/C13H14ClNOS/c14-8-13(5-6-13)15-12(16)11-7-9-3-1-2-4-10(9)17-11/h1-4,11H,5-8H2,(H,15,16). The van der Waals surface area contributed by atoms with Gasteiger partial charge in [0.05, 0.1) is 10.8 Å². The van der Waals surface area contributed by atoms with Gasteiger partial charge in [0, 0.05) is 10.8 Å². The van der Waals surface area contributed by atoms with Crippen LogP contribution in [-0.2, 0) is 11.2 Å². The maximum Gasteiger partial charge on any atom is 0.234 e. The molecule has 2 nitrogen and oxygen atoms in total. The van der Waals surface area contributed by atoms with Crippen molar-refractivity contribution < 1.29 is 4.79 Å². The van der Waals surface area contributed by atoms with Crippen LogP contribution in [-0.4, -0.2) is 22.6 Å². The van der Waals surface area contributed by atoms with Crippen LogP contribution < -0.4 is 5.32 Å². The Morgan fingerprint density at radius 1 is 1.47 bits per heavy atom. The number of carbonyl (C=O) groups excluding carboxylic acids is 1. The minimum Gasteiger partial charge on any atom is -0.348 e. The molecule has 1 atom stereocenters. The predicted molar refractivity (Wildman–Crippen MR) is 70.6 cm³/mol. The summed E-state index contributed by atoms with van der Waals surface area (Å²) in [5, 5.41) is 3.12. The fourth-order valence-corrected chi connectivity index (χ4v) is 3.64. The summed E-state index contributed by atoms with van der Waals surface area (Å²) in [7, 11) is 0. The summed E-state index contributed by atoms with van der Waals surface area (Å²) in [6, 6.07) is 8.24. The van der Waals surface area contributed by atoms with Crippen LogP contribution in [0.25, 0.3) is 0 Å². The molecule has 2 aliphatic rings. The first-order valence-corrected chi connectivity index (χ1v) is 7.26. The molecule has 0 aromatic heterocycles. The average molecular weight is 268 g/mol. The van der Waals surface area contributed by atoms with Crippen LogP contribution in [0, 0.1) is 0 Å². The molecule has 1 saturated carbocycles. The van der Waals surface area contributed by atoms with Gasteiger partial charge in [-0.3, -0.25) is 4.79 Å². The highest BCUT2D eigenvalue weighted by Gasteiger charge is 2.44. The van der Waals surface area contributed by atoms with E-state index in [1.165, 1.54) is 10.5 Å². The van der Waals surface area contributed by atoms with Crippen molar-refractivity contribution >= 4 is 29.3 Å². The molecular formula is C13H14ClNOS. The van der Waals surface area contributed by atoms with Gasteiger partial charge in [0.25, 0.3) is 0 Å². The first kappa shape index (κ1) is 11.4. The number of rotatable bonds is 3. The molecule has 1 amide bonds. The molecule has 1 N–H and O–H groups in total. The molecule has 1 aromatic rings. The van der Waals surface area contributed by atoms with Gasteiger partial charge in [-0.25, -0.2) is 0 Å². The Balaban J connectivity index is 1.66. The third-order valence-electron chi connectivity index (χ3n) is 3.44. The Bertz CT molecular complexity index is 433. The number of benzene rings is 1. The lowest BCUT2D eigenvalue weighted by atomic mass is 10.1. The molecule has 3 rings (SSSR count). The number of amides is 1. The lowest BCUT2D eigenvalue weighted by Gasteiger charge is -2.16. The van der Waals surface area contributed by atoms with Crippen LogP contribution in [0.2, 0.25) is 0 Å². The largest absolute Gasteiger partial charge is 0.348 e. The van der Waals surface area contributed by atoms with Crippen molar-refractivity contribution in [2.45, 2.75) is 34.9 Å². The summed E-state index contributed by atoms with van der Waals surface area (Å²) < 4.78 is 0. The van der Waals surface area contributed by atoms with E-state index in [1.807, 2.05) is 12.1 Å². The van der Waals surface area contributed by atoms with Crippen molar-refractivity contribution in [2.24, 2.45) is 0 Å². The van der Waals surface area contributed by atoms with Crippen LogP contribution in [0.1, 0.15) is 18.4 Å². The van der Waals surface area contributed by atoms with Gasteiger partial charge < -0.3 is 5.32 Å². The molecule has 1 unspecified atom stereocenters. The molecule has 90 valence electrons. The normalized spacial score (nSPS) is 24.2. The topological polar surface area (TPSA) is 29.1 Å². The van der Waals surface area contributed by atoms with Crippen LogP contribution in [0.4, 0.5) is 0 Å². The quantitative estimate of drug-likeness (QED) is 0.853. The molecule has 0 saturated heterocycles. The minimum atomic E-state index is -0.0893. The molecule has 0 spiro atoms. The van der Waals surface area contributed by atoms with Crippen molar-refractivity contribution in [2.75, 3.05) is 5.88 Å².